The van der Waals surface area contributed by atoms with E-state index in [1.165, 1.54) is 13.1 Å². The summed E-state index contributed by atoms with van der Waals surface area (Å²) in [6.07, 6.45) is 2.95. The smallest absolute Gasteiger partial charge is 0.276 e. The number of hydrogen-bond donors (Lipinski definition) is 1. The predicted octanol–water partition coefficient (Wildman–Crippen LogP) is 5.59. The van der Waals surface area contributed by atoms with Gasteiger partial charge in [0.2, 0.25) is 15.0 Å². The first kappa shape index (κ1) is 26.4. The highest BCUT2D eigenvalue weighted by Crippen LogP contribution is 2.28. The lowest BCUT2D eigenvalue weighted by Crippen LogP contribution is -2.28. The summed E-state index contributed by atoms with van der Waals surface area (Å²) in [7, 11) is -3.76. The number of halogens is 1. The van der Waals surface area contributed by atoms with Crippen LogP contribution in [0.3, 0.4) is 0 Å². The number of anilines is 2. The molecule has 0 spiro atoms. The third kappa shape index (κ3) is 6.18. The number of carbonyl (C=O) groups is 1. The third-order valence-corrected chi connectivity index (χ3v) is 7.82. The molecular weight excluding hydrogens is 512 g/mol. The molecule has 0 aliphatic carbocycles. The van der Waals surface area contributed by atoms with Gasteiger partial charge < -0.3 is 14.6 Å². The van der Waals surface area contributed by atoms with Crippen molar-refractivity contribution in [3.8, 4) is 0 Å². The fraction of sp³-hybridized carbons (Fsp3) is 0.222. The Bertz CT molecular complexity index is 1500. The van der Waals surface area contributed by atoms with Gasteiger partial charge in [0, 0.05) is 17.3 Å². The lowest BCUT2D eigenvalue weighted by molar-refractivity contribution is 0.102. The summed E-state index contributed by atoms with van der Waals surface area (Å²) in [5, 5.41) is 2.92. The molecule has 2 aromatic heterocycles. The molecule has 0 radical (unpaired) electrons. The lowest BCUT2D eigenvalue weighted by Gasteiger charge is -2.26. The van der Waals surface area contributed by atoms with Crippen LogP contribution in [0, 0.1) is 13.8 Å². The Balaban J connectivity index is 1.81. The normalized spacial score (nSPS) is 11.4. The van der Waals surface area contributed by atoms with Crippen molar-refractivity contribution in [3.63, 3.8) is 0 Å². The maximum absolute atomic E-state index is 13.6. The zero-order valence-electron chi connectivity index (χ0n) is 20.7. The second-order valence-electron chi connectivity index (χ2n) is 8.58. The number of amides is 1. The maximum Gasteiger partial charge on any atom is 0.276 e. The Labute approximate surface area is 221 Å². The van der Waals surface area contributed by atoms with Crippen LogP contribution in [0.1, 0.15) is 39.9 Å². The molecule has 4 rings (SSSR count). The van der Waals surface area contributed by atoms with E-state index < -0.39 is 20.9 Å². The number of nitrogens with one attached hydrogen (secondary N) is 1. The Morgan fingerprint density at radius 3 is 2.49 bits per heavy atom. The van der Waals surface area contributed by atoms with Crippen molar-refractivity contribution in [1.29, 1.82) is 0 Å². The van der Waals surface area contributed by atoms with E-state index in [0.29, 0.717) is 40.8 Å². The van der Waals surface area contributed by atoms with Crippen LogP contribution in [0.2, 0.25) is 5.02 Å². The van der Waals surface area contributed by atoms with E-state index >= 15 is 0 Å². The number of hydrogen-bond acceptors (Lipinski definition) is 7. The van der Waals surface area contributed by atoms with Crippen LogP contribution in [0.25, 0.3) is 0 Å². The molecule has 2 aromatic carbocycles. The highest BCUT2D eigenvalue weighted by atomic mass is 35.5. The fourth-order valence-corrected chi connectivity index (χ4v) is 4.57. The molecule has 2 heterocycles. The van der Waals surface area contributed by atoms with E-state index in [2.05, 4.69) is 15.3 Å². The van der Waals surface area contributed by atoms with Gasteiger partial charge in [0.25, 0.3) is 5.91 Å². The Hall–Kier alpha value is -3.69. The summed E-state index contributed by atoms with van der Waals surface area (Å²) in [4.78, 5) is 23.9. The summed E-state index contributed by atoms with van der Waals surface area (Å²) in [6, 6.07) is 16.8. The third-order valence-electron chi connectivity index (χ3n) is 5.90. The monoisotopic (exact) mass is 538 g/mol. The van der Waals surface area contributed by atoms with E-state index in [0.717, 1.165) is 11.1 Å². The minimum absolute atomic E-state index is 0.0694. The lowest BCUT2D eigenvalue weighted by atomic mass is 10.1. The molecule has 0 aliphatic heterocycles. The van der Waals surface area contributed by atoms with Crippen molar-refractivity contribution in [2.75, 3.05) is 16.0 Å². The molecule has 0 saturated carbocycles. The molecule has 1 amide bonds. The molecule has 192 valence electrons. The minimum Gasteiger partial charge on any atom is -0.467 e. The minimum atomic E-state index is -3.76. The zero-order valence-corrected chi connectivity index (χ0v) is 22.3. The molecule has 0 aliphatic rings. The van der Waals surface area contributed by atoms with Crippen LogP contribution in [0.5, 0.6) is 0 Å². The van der Waals surface area contributed by atoms with Crippen LogP contribution in [-0.2, 0) is 22.9 Å². The number of furan rings is 1. The fourth-order valence-electron chi connectivity index (χ4n) is 3.69. The molecule has 1 N–H and O–H groups in total. The van der Waals surface area contributed by atoms with Crippen molar-refractivity contribution in [2.45, 2.75) is 39.0 Å². The van der Waals surface area contributed by atoms with Gasteiger partial charge in [-0.05, 0) is 49.2 Å². The van der Waals surface area contributed by atoms with Crippen LogP contribution in [0.15, 0.2) is 76.6 Å². The van der Waals surface area contributed by atoms with Gasteiger partial charge in [-0.15, -0.1) is 0 Å². The van der Waals surface area contributed by atoms with E-state index in [9.17, 15) is 13.2 Å². The molecule has 0 unspecified atom stereocenters. The number of aryl methyl sites for hydroxylation is 1. The molecule has 0 atom stereocenters. The van der Waals surface area contributed by atoms with Gasteiger partial charge >= 0.3 is 0 Å². The second kappa shape index (κ2) is 11.1. The van der Waals surface area contributed by atoms with Gasteiger partial charge in [-0.3, -0.25) is 4.79 Å². The summed E-state index contributed by atoms with van der Waals surface area (Å²) in [6.45, 7) is 6.00. The highest BCUT2D eigenvalue weighted by molar-refractivity contribution is 7.91. The quantitative estimate of drug-likeness (QED) is 0.277. The first-order chi connectivity index (χ1) is 17.7. The highest BCUT2D eigenvalue weighted by Gasteiger charge is 2.25. The van der Waals surface area contributed by atoms with Crippen molar-refractivity contribution < 1.29 is 17.6 Å². The van der Waals surface area contributed by atoms with Crippen LogP contribution in [0.4, 0.5) is 11.4 Å². The molecule has 0 bridgehead atoms. The zero-order chi connectivity index (χ0) is 26.6. The molecule has 0 saturated heterocycles. The van der Waals surface area contributed by atoms with Crippen molar-refractivity contribution in [1.82, 2.24) is 9.97 Å². The molecule has 0 fully saturated rings. The molecule has 8 nitrogen and oxygen atoms in total. The number of benzene rings is 2. The topological polar surface area (TPSA) is 105 Å². The van der Waals surface area contributed by atoms with Crippen LogP contribution in [-0.4, -0.2) is 30.0 Å². The van der Waals surface area contributed by atoms with Gasteiger partial charge in [-0.1, -0.05) is 54.4 Å². The summed E-state index contributed by atoms with van der Waals surface area (Å²) in [5.41, 5.74) is 3.58. The Morgan fingerprint density at radius 1 is 1.05 bits per heavy atom. The van der Waals surface area contributed by atoms with Crippen molar-refractivity contribution in [3.05, 3.63) is 100 Å². The number of rotatable bonds is 9. The summed E-state index contributed by atoms with van der Waals surface area (Å²) in [5.74, 6) is -0.113. The number of sulfone groups is 1. The SMILES string of the molecule is CCS(=O)(=O)c1ncc(N(Cc2ccc(C)cc2)Cc2ccco2)c(C(=O)Nc2cccc(Cl)c2C)n1. The molecule has 10 heteroatoms. The standard InChI is InChI=1S/C27H27ClN4O4S/c1-4-37(34,35)27-29-15-24(25(31-27)26(33)30-23-9-5-8-22(28)19(23)3)32(17-21-7-6-14-36-21)16-20-12-10-18(2)11-13-20/h5-15H,4,16-17H2,1-3H3,(H,30,33). The number of aromatic nitrogens is 2. The molecule has 4 aromatic rings. The van der Waals surface area contributed by atoms with Crippen molar-refractivity contribution in [2.24, 2.45) is 0 Å². The maximum atomic E-state index is 13.6. The second-order valence-corrected chi connectivity index (χ2v) is 11.2. The van der Waals surface area contributed by atoms with Crippen LogP contribution >= 0.6 is 11.6 Å². The number of carbonyl (C=O) groups excluding carboxylic acids is 1. The van der Waals surface area contributed by atoms with Gasteiger partial charge in [0.1, 0.15) is 5.76 Å². The average molecular weight is 539 g/mol. The summed E-state index contributed by atoms with van der Waals surface area (Å²) < 4.78 is 30.7. The average Bonchev–Trinajstić information content (AvgIpc) is 3.40. The molecule has 37 heavy (non-hydrogen) atoms. The Morgan fingerprint density at radius 2 is 1.81 bits per heavy atom. The largest absolute Gasteiger partial charge is 0.467 e. The first-order valence-corrected chi connectivity index (χ1v) is 13.7. The van der Waals surface area contributed by atoms with E-state index in [1.54, 1.807) is 37.5 Å². The van der Waals surface area contributed by atoms with Gasteiger partial charge in [0.15, 0.2) is 5.69 Å². The predicted molar refractivity (Wildman–Crippen MR) is 144 cm³/mol. The Kier molecular flexibility index (Phi) is 7.94. The number of nitrogens with zero attached hydrogens (tertiary/aromatic N) is 3. The van der Waals surface area contributed by atoms with Crippen LogP contribution < -0.4 is 10.2 Å². The van der Waals surface area contributed by atoms with Crippen molar-refractivity contribution >= 4 is 38.7 Å². The van der Waals surface area contributed by atoms with E-state index in [4.69, 9.17) is 16.0 Å². The van der Waals surface area contributed by atoms with E-state index in [1.807, 2.05) is 42.2 Å². The van der Waals surface area contributed by atoms with Gasteiger partial charge in [-0.25, -0.2) is 18.4 Å². The van der Waals surface area contributed by atoms with Gasteiger partial charge in [0.05, 0.1) is 30.4 Å². The van der Waals surface area contributed by atoms with Gasteiger partial charge in [-0.2, -0.15) is 0 Å². The molecular formula is C27H27ClN4O4S. The van der Waals surface area contributed by atoms with E-state index in [-0.39, 0.29) is 11.4 Å². The summed E-state index contributed by atoms with van der Waals surface area (Å²) >= 11 is 6.23. The first-order valence-electron chi connectivity index (χ1n) is 11.7.